The first-order valence-electron chi connectivity index (χ1n) is 8.60. The second-order valence-corrected chi connectivity index (χ2v) is 6.23. The molecular weight excluding hydrogens is 334 g/mol. The van der Waals surface area contributed by atoms with Crippen LogP contribution in [0.4, 0.5) is 0 Å². The molecule has 1 rings (SSSR count). The second kappa shape index (κ2) is 11.8. The van der Waals surface area contributed by atoms with Crippen LogP contribution in [0.1, 0.15) is 39.2 Å². The average Bonchev–Trinajstić information content (AvgIpc) is 2.62. The third-order valence-corrected chi connectivity index (χ3v) is 3.56. The fraction of sp³-hybridized carbons (Fsp3) is 0.474. The maximum Gasteiger partial charge on any atom is 0.329 e. The molecule has 0 unspecified atom stereocenters. The lowest BCUT2D eigenvalue weighted by atomic mass is 10.1. The molecule has 1 aromatic carbocycles. The van der Waals surface area contributed by atoms with E-state index >= 15 is 0 Å². The molecule has 0 aliphatic carbocycles. The van der Waals surface area contributed by atoms with Crippen LogP contribution >= 0.6 is 0 Å². The molecule has 0 bridgehead atoms. The summed E-state index contributed by atoms with van der Waals surface area (Å²) >= 11 is 0. The number of ketones is 1. The van der Waals surface area contributed by atoms with Gasteiger partial charge in [0, 0.05) is 6.42 Å². The van der Waals surface area contributed by atoms with Crippen LogP contribution in [0, 0.1) is 11.4 Å². The normalized spacial score (nSPS) is 12.4. The largest absolute Gasteiger partial charge is 0.476 e. The molecule has 0 saturated heterocycles. The van der Waals surface area contributed by atoms with Gasteiger partial charge in [-0.25, -0.2) is 10.3 Å². The van der Waals surface area contributed by atoms with E-state index in [0.29, 0.717) is 12.8 Å². The molecule has 0 heterocycles. The third kappa shape index (κ3) is 8.41. The quantitative estimate of drug-likeness (QED) is 0.256. The van der Waals surface area contributed by atoms with Gasteiger partial charge in [-0.2, -0.15) is 0 Å². The lowest BCUT2D eigenvalue weighted by Gasteiger charge is -2.20. The van der Waals surface area contributed by atoms with Gasteiger partial charge >= 0.3 is 5.97 Å². The molecule has 0 spiro atoms. The van der Waals surface area contributed by atoms with E-state index in [1.54, 1.807) is 0 Å². The molecule has 0 saturated carbocycles. The lowest BCUT2D eigenvalue weighted by molar-refractivity contribution is -0.148. The summed E-state index contributed by atoms with van der Waals surface area (Å²) in [4.78, 5) is 23.2. The number of hydrogen-bond donors (Lipinski definition) is 2. The predicted octanol–water partition coefficient (Wildman–Crippen LogP) is 3.56. The number of carbonyl (C=O) groups is 2. The van der Waals surface area contributed by atoms with Gasteiger partial charge in [-0.15, -0.1) is 5.11 Å². The first-order chi connectivity index (χ1) is 12.4. The predicted molar refractivity (Wildman–Crippen MR) is 97.1 cm³/mol. The van der Waals surface area contributed by atoms with Gasteiger partial charge in [0.25, 0.3) is 0 Å². The summed E-state index contributed by atoms with van der Waals surface area (Å²) in [5, 5.41) is 6.19. The van der Waals surface area contributed by atoms with Crippen LogP contribution in [0.5, 0.6) is 0 Å². The molecule has 0 aliphatic heterocycles. The molecule has 0 amide bonds. The Labute approximate surface area is 154 Å². The number of nitrogens with zero attached hydrogens (tertiary/aromatic N) is 1. The highest BCUT2D eigenvalue weighted by Gasteiger charge is 2.22. The maximum atomic E-state index is 12.3. The van der Waals surface area contributed by atoms with Crippen LogP contribution in [0.2, 0.25) is 0 Å². The second-order valence-electron chi connectivity index (χ2n) is 6.23. The lowest BCUT2D eigenvalue weighted by Crippen LogP contribution is -2.39. The van der Waals surface area contributed by atoms with Crippen molar-refractivity contribution in [1.82, 2.24) is 5.32 Å². The van der Waals surface area contributed by atoms with E-state index in [1.165, 1.54) is 13.1 Å². The molecule has 1 atom stereocenters. The minimum absolute atomic E-state index is 0.0285. The standard InChI is InChI=1S/C19H27N3O4/c1-14(2)18(19(24)26-13-16-9-5-4-6-10-16)21-12-17(22-20)25-11-7-8-15(3)23/h4-6,9-10,12,14,18,20-21H,7-8,11,13H2,1-3H3/b17-12+,22-20?/t18-/m0/s1. The molecule has 0 radical (unpaired) electrons. The van der Waals surface area contributed by atoms with Crippen LogP contribution in [-0.4, -0.2) is 24.4 Å². The van der Waals surface area contributed by atoms with Crippen molar-refractivity contribution >= 4 is 11.8 Å². The topological polar surface area (TPSA) is 101 Å². The molecule has 2 N–H and O–H groups in total. The zero-order valence-corrected chi connectivity index (χ0v) is 15.5. The van der Waals surface area contributed by atoms with Crippen LogP contribution in [-0.2, 0) is 25.7 Å². The van der Waals surface area contributed by atoms with E-state index in [-0.39, 0.29) is 36.8 Å². The summed E-state index contributed by atoms with van der Waals surface area (Å²) in [6.07, 6.45) is 2.35. The number of esters is 1. The number of hydrogen-bond acceptors (Lipinski definition) is 7. The fourth-order valence-electron chi connectivity index (χ4n) is 2.12. The van der Waals surface area contributed by atoms with Gasteiger partial charge in [-0.05, 0) is 24.8 Å². The smallest absolute Gasteiger partial charge is 0.329 e. The van der Waals surface area contributed by atoms with Gasteiger partial charge in [0.15, 0.2) is 0 Å². The summed E-state index contributed by atoms with van der Waals surface area (Å²) in [6, 6.07) is 8.85. The molecular formula is C19H27N3O4. The maximum absolute atomic E-state index is 12.3. The molecule has 26 heavy (non-hydrogen) atoms. The van der Waals surface area contributed by atoms with Gasteiger partial charge in [-0.3, -0.25) is 0 Å². The SMILES string of the molecule is CC(=O)CCCO/C(=C/N[C@H](C(=O)OCc1ccccc1)C(C)C)N=N. The van der Waals surface area contributed by atoms with Gasteiger partial charge < -0.3 is 19.6 Å². The third-order valence-electron chi connectivity index (χ3n) is 3.56. The zero-order valence-electron chi connectivity index (χ0n) is 15.5. The van der Waals surface area contributed by atoms with E-state index in [9.17, 15) is 9.59 Å². The van der Waals surface area contributed by atoms with E-state index in [1.807, 2.05) is 44.2 Å². The van der Waals surface area contributed by atoms with Gasteiger partial charge in [0.1, 0.15) is 18.4 Å². The number of ether oxygens (including phenoxy) is 2. The number of Topliss-reactive ketones (excluding diaryl/α,β-unsaturated/α-hetero) is 1. The molecule has 0 aliphatic rings. The fourth-order valence-corrected chi connectivity index (χ4v) is 2.12. The molecule has 0 fully saturated rings. The van der Waals surface area contributed by atoms with Crippen molar-refractivity contribution in [2.24, 2.45) is 11.0 Å². The Hall–Kier alpha value is -2.70. The van der Waals surface area contributed by atoms with E-state index in [2.05, 4.69) is 10.4 Å². The van der Waals surface area contributed by atoms with Gasteiger partial charge in [-0.1, -0.05) is 44.2 Å². The zero-order chi connectivity index (χ0) is 19.4. The molecule has 7 nitrogen and oxygen atoms in total. The molecule has 142 valence electrons. The van der Waals surface area contributed by atoms with Gasteiger partial charge in [0.2, 0.25) is 5.88 Å². The van der Waals surface area contributed by atoms with Gasteiger partial charge in [0.05, 0.1) is 12.8 Å². The Morgan fingerprint density at radius 1 is 1.23 bits per heavy atom. The highest BCUT2D eigenvalue weighted by atomic mass is 16.5. The number of benzene rings is 1. The van der Waals surface area contributed by atoms with Crippen molar-refractivity contribution in [1.29, 1.82) is 5.53 Å². The first-order valence-corrected chi connectivity index (χ1v) is 8.60. The Morgan fingerprint density at radius 2 is 1.92 bits per heavy atom. The Kier molecular flexibility index (Phi) is 9.67. The summed E-state index contributed by atoms with van der Waals surface area (Å²) < 4.78 is 10.7. The minimum atomic E-state index is -0.587. The van der Waals surface area contributed by atoms with E-state index < -0.39 is 6.04 Å². The average molecular weight is 361 g/mol. The van der Waals surface area contributed by atoms with Crippen LogP contribution in [0.15, 0.2) is 47.5 Å². The Bertz CT molecular complexity index is 614. The van der Waals surface area contributed by atoms with Crippen molar-refractivity contribution in [2.45, 2.75) is 46.3 Å². The Morgan fingerprint density at radius 3 is 2.50 bits per heavy atom. The van der Waals surface area contributed by atoms with Crippen molar-refractivity contribution in [2.75, 3.05) is 6.61 Å². The molecule has 1 aromatic rings. The van der Waals surface area contributed by atoms with Crippen molar-refractivity contribution < 1.29 is 19.1 Å². The summed E-state index contributed by atoms with van der Waals surface area (Å²) in [7, 11) is 0. The molecule has 7 heteroatoms. The highest BCUT2D eigenvalue weighted by Crippen LogP contribution is 2.09. The Balaban J connectivity index is 2.54. The van der Waals surface area contributed by atoms with Crippen LogP contribution < -0.4 is 5.32 Å². The monoisotopic (exact) mass is 361 g/mol. The summed E-state index contributed by atoms with van der Waals surface area (Å²) in [6.45, 7) is 5.77. The van der Waals surface area contributed by atoms with Crippen molar-refractivity contribution in [3.05, 3.63) is 48.0 Å². The van der Waals surface area contributed by atoms with Crippen LogP contribution in [0.25, 0.3) is 0 Å². The first kappa shape index (κ1) is 21.3. The minimum Gasteiger partial charge on any atom is -0.476 e. The summed E-state index contributed by atoms with van der Waals surface area (Å²) in [5.41, 5.74) is 8.05. The van der Waals surface area contributed by atoms with E-state index in [0.717, 1.165) is 5.56 Å². The number of carbonyl (C=O) groups excluding carboxylic acids is 2. The van der Waals surface area contributed by atoms with Crippen molar-refractivity contribution in [3.63, 3.8) is 0 Å². The van der Waals surface area contributed by atoms with Crippen molar-refractivity contribution in [3.8, 4) is 0 Å². The highest BCUT2D eigenvalue weighted by molar-refractivity contribution is 5.76. The summed E-state index contributed by atoms with van der Waals surface area (Å²) in [5.74, 6) is -0.281. The molecule has 0 aromatic heterocycles. The van der Waals surface area contributed by atoms with E-state index in [4.69, 9.17) is 15.0 Å². The number of nitrogens with one attached hydrogen (secondary N) is 2. The number of rotatable bonds is 12. The van der Waals surface area contributed by atoms with Crippen LogP contribution in [0.3, 0.4) is 0 Å².